The van der Waals surface area contributed by atoms with Crippen molar-refractivity contribution in [1.29, 1.82) is 0 Å². The maximum Gasteiger partial charge on any atom is 0.315 e. The van der Waals surface area contributed by atoms with Gasteiger partial charge in [0, 0.05) is 19.0 Å². The number of nitrogens with one attached hydrogen (secondary N) is 2. The van der Waals surface area contributed by atoms with Crippen LogP contribution < -0.4 is 10.6 Å². The van der Waals surface area contributed by atoms with Crippen molar-refractivity contribution in [3.8, 4) is 0 Å². The van der Waals surface area contributed by atoms with E-state index in [1.165, 1.54) is 0 Å². The van der Waals surface area contributed by atoms with Crippen molar-refractivity contribution in [3.63, 3.8) is 0 Å². The molecular formula is C20H30N2O4. The molecule has 1 saturated heterocycles. The van der Waals surface area contributed by atoms with E-state index in [1.807, 2.05) is 30.3 Å². The highest BCUT2D eigenvalue weighted by Crippen LogP contribution is 2.23. The van der Waals surface area contributed by atoms with E-state index in [-0.39, 0.29) is 30.7 Å². The summed E-state index contributed by atoms with van der Waals surface area (Å²) in [5.74, 6) is -0.443. The molecule has 1 aromatic rings. The fraction of sp³-hybridized carbons (Fsp3) is 0.600. The zero-order chi connectivity index (χ0) is 18.9. The van der Waals surface area contributed by atoms with Gasteiger partial charge in [-0.15, -0.1) is 0 Å². The molecule has 6 nitrogen and oxygen atoms in total. The summed E-state index contributed by atoms with van der Waals surface area (Å²) < 4.78 is 5.72. The van der Waals surface area contributed by atoms with Gasteiger partial charge in [-0.3, -0.25) is 4.79 Å². The molecule has 3 N–H and O–H groups in total. The number of ether oxygens (including phenoxy) is 1. The van der Waals surface area contributed by atoms with E-state index in [9.17, 15) is 9.59 Å². The molecule has 1 fully saturated rings. The Morgan fingerprint density at radius 2 is 1.85 bits per heavy atom. The lowest BCUT2D eigenvalue weighted by atomic mass is 9.92. The number of benzene rings is 1. The third-order valence-electron chi connectivity index (χ3n) is 4.71. The van der Waals surface area contributed by atoms with Crippen molar-refractivity contribution in [3.05, 3.63) is 35.9 Å². The van der Waals surface area contributed by atoms with Crippen molar-refractivity contribution < 1.29 is 19.4 Å². The van der Waals surface area contributed by atoms with E-state index in [0.29, 0.717) is 25.3 Å². The number of carboxylic acids is 1. The summed E-state index contributed by atoms with van der Waals surface area (Å²) in [5.41, 5.74) is 1.08. The quantitative estimate of drug-likeness (QED) is 0.663. The average molecular weight is 362 g/mol. The third kappa shape index (κ3) is 7.44. The van der Waals surface area contributed by atoms with Crippen LogP contribution in [0.15, 0.2) is 30.3 Å². The number of carbonyl (C=O) groups excluding carboxylic acids is 1. The summed E-state index contributed by atoms with van der Waals surface area (Å²) in [4.78, 5) is 23.2. The Morgan fingerprint density at radius 3 is 2.46 bits per heavy atom. The fourth-order valence-corrected chi connectivity index (χ4v) is 3.60. The smallest absolute Gasteiger partial charge is 0.315 e. The number of rotatable bonds is 8. The molecule has 144 valence electrons. The van der Waals surface area contributed by atoms with E-state index in [1.54, 1.807) is 0 Å². The Labute approximate surface area is 155 Å². The van der Waals surface area contributed by atoms with Crippen LogP contribution in [0.5, 0.6) is 0 Å². The van der Waals surface area contributed by atoms with Gasteiger partial charge in [-0.25, -0.2) is 4.79 Å². The van der Waals surface area contributed by atoms with Gasteiger partial charge < -0.3 is 20.5 Å². The predicted octanol–water partition coefficient (Wildman–Crippen LogP) is 2.97. The molecule has 26 heavy (non-hydrogen) atoms. The highest BCUT2D eigenvalue weighted by atomic mass is 16.5. The Kier molecular flexibility index (Phi) is 7.91. The number of hydrogen-bond acceptors (Lipinski definition) is 3. The molecule has 1 aromatic carbocycles. The van der Waals surface area contributed by atoms with Crippen LogP contribution in [0.1, 0.15) is 45.1 Å². The summed E-state index contributed by atoms with van der Waals surface area (Å²) in [6.45, 7) is 4.73. The minimum absolute atomic E-state index is 0.0345. The van der Waals surface area contributed by atoms with Crippen molar-refractivity contribution in [2.45, 2.75) is 64.2 Å². The molecule has 1 aliphatic heterocycles. The number of carboxylic acid groups (broad SMARTS) is 1. The highest BCUT2D eigenvalue weighted by molar-refractivity contribution is 5.74. The van der Waals surface area contributed by atoms with Gasteiger partial charge in [-0.2, -0.15) is 0 Å². The number of urea groups is 1. The van der Waals surface area contributed by atoms with Gasteiger partial charge in [0.15, 0.2) is 0 Å². The van der Waals surface area contributed by atoms with Gasteiger partial charge in [0.1, 0.15) is 0 Å². The van der Waals surface area contributed by atoms with Crippen molar-refractivity contribution in [1.82, 2.24) is 10.6 Å². The lowest BCUT2D eigenvalue weighted by molar-refractivity contribution is -0.137. The maximum absolute atomic E-state index is 12.3. The zero-order valence-electron chi connectivity index (χ0n) is 15.6. The van der Waals surface area contributed by atoms with Crippen LogP contribution in [0.25, 0.3) is 0 Å². The molecule has 3 unspecified atom stereocenters. The Balaban J connectivity index is 1.83. The van der Waals surface area contributed by atoms with Crippen molar-refractivity contribution >= 4 is 12.0 Å². The first-order chi connectivity index (χ1) is 12.4. The van der Waals surface area contributed by atoms with Crippen LogP contribution >= 0.6 is 0 Å². The lowest BCUT2D eigenvalue weighted by Gasteiger charge is -2.32. The predicted molar refractivity (Wildman–Crippen MR) is 100 cm³/mol. The monoisotopic (exact) mass is 362 g/mol. The molecule has 0 aliphatic carbocycles. The normalized spacial score (nSPS) is 23.8. The number of hydrogen-bond donors (Lipinski definition) is 3. The molecule has 3 atom stereocenters. The average Bonchev–Trinajstić information content (AvgIpc) is 2.58. The standard InChI is InChI=1S/C20H30N2O4/c1-14-10-17(11-15(2)26-14)13-21-20(25)22-18(8-9-19(23)24)12-16-6-4-3-5-7-16/h3-7,14-15,17-18H,8-13H2,1-2H3,(H,23,24)(H2,21,22,25). The second kappa shape index (κ2) is 10.2. The molecule has 1 aliphatic rings. The van der Waals surface area contributed by atoms with Crippen LogP contribution in [0.3, 0.4) is 0 Å². The summed E-state index contributed by atoms with van der Waals surface area (Å²) in [6, 6.07) is 9.35. The first kappa shape index (κ1) is 20.2. The van der Waals surface area contributed by atoms with Crippen LogP contribution in [0, 0.1) is 5.92 Å². The van der Waals surface area contributed by atoms with Crippen molar-refractivity contribution in [2.24, 2.45) is 5.92 Å². The minimum atomic E-state index is -0.851. The number of amides is 2. The SMILES string of the molecule is CC1CC(CNC(=O)NC(CCC(=O)O)Cc2ccccc2)CC(C)O1. The van der Waals surface area contributed by atoms with Gasteiger partial charge in [0.2, 0.25) is 0 Å². The summed E-state index contributed by atoms with van der Waals surface area (Å²) >= 11 is 0. The first-order valence-electron chi connectivity index (χ1n) is 9.38. The molecule has 1 heterocycles. The summed E-state index contributed by atoms with van der Waals surface area (Å²) in [5, 5.41) is 14.8. The molecule has 0 aromatic heterocycles. The largest absolute Gasteiger partial charge is 0.481 e. The Hall–Kier alpha value is -2.08. The molecule has 2 amide bonds. The number of carbonyl (C=O) groups is 2. The first-order valence-corrected chi connectivity index (χ1v) is 9.38. The van der Waals surface area contributed by atoms with Crippen LogP contribution in [-0.2, 0) is 16.0 Å². The van der Waals surface area contributed by atoms with E-state index >= 15 is 0 Å². The Morgan fingerprint density at radius 1 is 1.19 bits per heavy atom. The second-order valence-corrected chi connectivity index (χ2v) is 7.27. The van der Waals surface area contributed by atoms with E-state index in [0.717, 1.165) is 18.4 Å². The lowest BCUT2D eigenvalue weighted by Crippen LogP contribution is -2.46. The summed E-state index contributed by atoms with van der Waals surface area (Å²) in [7, 11) is 0. The summed E-state index contributed by atoms with van der Waals surface area (Å²) in [6.07, 6.45) is 3.38. The zero-order valence-corrected chi connectivity index (χ0v) is 15.6. The van der Waals surface area contributed by atoms with Gasteiger partial charge in [0.05, 0.1) is 12.2 Å². The third-order valence-corrected chi connectivity index (χ3v) is 4.71. The molecule has 0 saturated carbocycles. The molecule has 6 heteroatoms. The van der Waals surface area contributed by atoms with Gasteiger partial charge in [0.25, 0.3) is 0 Å². The Bertz CT molecular complexity index is 568. The molecule has 0 spiro atoms. The van der Waals surface area contributed by atoms with Gasteiger partial charge >= 0.3 is 12.0 Å². The van der Waals surface area contributed by atoms with E-state index in [2.05, 4.69) is 24.5 Å². The van der Waals surface area contributed by atoms with E-state index < -0.39 is 5.97 Å². The van der Waals surface area contributed by atoms with Gasteiger partial charge in [-0.05, 0) is 51.0 Å². The van der Waals surface area contributed by atoms with E-state index in [4.69, 9.17) is 9.84 Å². The highest BCUT2D eigenvalue weighted by Gasteiger charge is 2.25. The van der Waals surface area contributed by atoms with Crippen LogP contribution in [0.4, 0.5) is 4.79 Å². The molecule has 0 radical (unpaired) electrons. The molecular weight excluding hydrogens is 332 g/mol. The van der Waals surface area contributed by atoms with Crippen LogP contribution in [0.2, 0.25) is 0 Å². The van der Waals surface area contributed by atoms with Crippen molar-refractivity contribution in [2.75, 3.05) is 6.54 Å². The molecule has 2 rings (SSSR count). The maximum atomic E-state index is 12.3. The minimum Gasteiger partial charge on any atom is -0.481 e. The number of aliphatic carboxylic acids is 1. The topological polar surface area (TPSA) is 87.7 Å². The fourth-order valence-electron chi connectivity index (χ4n) is 3.60. The second-order valence-electron chi connectivity index (χ2n) is 7.27. The van der Waals surface area contributed by atoms with Crippen LogP contribution in [-0.4, -0.2) is 41.9 Å². The molecule has 0 bridgehead atoms. The van der Waals surface area contributed by atoms with Gasteiger partial charge in [-0.1, -0.05) is 30.3 Å².